The summed E-state index contributed by atoms with van der Waals surface area (Å²) in [5, 5.41) is 30.5. The summed E-state index contributed by atoms with van der Waals surface area (Å²) in [6.45, 7) is 6.60. The summed E-state index contributed by atoms with van der Waals surface area (Å²) in [4.78, 5) is 57.9. The number of piperazine rings is 1. The maximum absolute atomic E-state index is 14.0. The Morgan fingerprint density at radius 1 is 1.08 bits per heavy atom. The number of hydrogen-bond donors (Lipinski definition) is 4. The number of hydrogen-bond acceptors (Lipinski definition) is 9. The number of urea groups is 1. The van der Waals surface area contributed by atoms with Crippen LogP contribution in [0.3, 0.4) is 0 Å². The van der Waals surface area contributed by atoms with Crippen molar-refractivity contribution in [3.8, 4) is 17.6 Å². The molecule has 0 spiro atoms. The largest absolute Gasteiger partial charge is 0.504 e. The number of para-hydroxylation sites is 1. The molecule has 3 heterocycles. The summed E-state index contributed by atoms with van der Waals surface area (Å²) >= 11 is 0. The quantitative estimate of drug-likeness (QED) is 0.344. The van der Waals surface area contributed by atoms with Gasteiger partial charge in [0.25, 0.3) is 0 Å². The Labute approximate surface area is 279 Å². The van der Waals surface area contributed by atoms with Crippen LogP contribution in [-0.4, -0.2) is 89.3 Å². The molecule has 0 aromatic heterocycles. The number of rotatable bonds is 6. The molecule has 3 amide bonds. The molecule has 48 heavy (non-hydrogen) atoms. The summed E-state index contributed by atoms with van der Waals surface area (Å²) in [5.41, 5.74) is 4.30. The van der Waals surface area contributed by atoms with E-state index in [0.717, 1.165) is 11.1 Å². The minimum Gasteiger partial charge on any atom is -0.504 e. The van der Waals surface area contributed by atoms with Gasteiger partial charge in [-0.25, -0.2) is 4.79 Å². The van der Waals surface area contributed by atoms with Gasteiger partial charge in [-0.2, -0.15) is 5.26 Å². The van der Waals surface area contributed by atoms with Crippen molar-refractivity contribution in [3.05, 3.63) is 75.4 Å². The Kier molecular flexibility index (Phi) is 8.62. The number of benzene rings is 2. The molecule has 6 rings (SSSR count). The second-order valence-electron chi connectivity index (χ2n) is 13.1. The molecule has 3 aliphatic heterocycles. The number of likely N-dealkylation sites (N-methyl/N-ethyl adjacent to an activating group) is 1. The van der Waals surface area contributed by atoms with Gasteiger partial charge in [-0.1, -0.05) is 24.3 Å². The van der Waals surface area contributed by atoms with Gasteiger partial charge in [0.15, 0.2) is 23.1 Å². The number of anilines is 1. The van der Waals surface area contributed by atoms with Crippen molar-refractivity contribution in [2.24, 2.45) is 0 Å². The predicted molar refractivity (Wildman–Crippen MR) is 177 cm³/mol. The fourth-order valence-electron chi connectivity index (χ4n) is 8.01. The number of phenolic OH excluding ortho intramolecular Hbond substituents is 1. The molecular weight excluding hydrogens is 612 g/mol. The molecule has 12 heteroatoms. The van der Waals surface area contributed by atoms with Crippen molar-refractivity contribution in [1.29, 1.82) is 5.26 Å². The third-order valence-corrected chi connectivity index (χ3v) is 10.5. The summed E-state index contributed by atoms with van der Waals surface area (Å²) in [5.74, 6) is -0.619. The molecule has 250 valence electrons. The molecule has 12 nitrogen and oxygen atoms in total. The van der Waals surface area contributed by atoms with Gasteiger partial charge in [0.2, 0.25) is 5.91 Å². The van der Waals surface area contributed by atoms with Gasteiger partial charge in [0.05, 0.1) is 25.3 Å². The molecule has 0 radical (unpaired) electrons. The van der Waals surface area contributed by atoms with Crippen LogP contribution in [0.2, 0.25) is 0 Å². The van der Waals surface area contributed by atoms with Crippen molar-refractivity contribution in [2.75, 3.05) is 26.0 Å². The number of nitriles is 1. The van der Waals surface area contributed by atoms with Crippen LogP contribution < -0.4 is 20.7 Å². The number of amides is 3. The van der Waals surface area contributed by atoms with E-state index in [9.17, 15) is 29.5 Å². The van der Waals surface area contributed by atoms with E-state index in [2.05, 4.69) is 26.9 Å². The van der Waals surface area contributed by atoms with Gasteiger partial charge in [0, 0.05) is 52.2 Å². The Hall–Kier alpha value is -4.99. The third-order valence-electron chi connectivity index (χ3n) is 10.5. The second kappa shape index (κ2) is 12.6. The van der Waals surface area contributed by atoms with Crippen molar-refractivity contribution in [1.82, 2.24) is 20.4 Å². The van der Waals surface area contributed by atoms with Gasteiger partial charge in [-0.15, -0.1) is 0 Å². The zero-order valence-corrected chi connectivity index (χ0v) is 27.9. The van der Waals surface area contributed by atoms with Crippen LogP contribution >= 0.6 is 0 Å². The van der Waals surface area contributed by atoms with Gasteiger partial charge in [-0.3, -0.25) is 24.2 Å². The molecule has 0 unspecified atom stereocenters. The average molecular weight is 653 g/mol. The Bertz CT molecular complexity index is 1830. The van der Waals surface area contributed by atoms with Gasteiger partial charge in [-0.05, 0) is 70.8 Å². The van der Waals surface area contributed by atoms with Crippen LogP contribution in [0, 0.1) is 18.3 Å². The highest BCUT2D eigenvalue weighted by atomic mass is 16.5. The molecule has 0 saturated carbocycles. The molecule has 6 atom stereocenters. The number of methoxy groups -OCH3 is 1. The van der Waals surface area contributed by atoms with Crippen LogP contribution in [-0.2, 0) is 20.8 Å². The number of aryl methyl sites for hydroxylation is 1. The maximum Gasteiger partial charge on any atom is 0.319 e. The Morgan fingerprint density at radius 2 is 1.77 bits per heavy atom. The summed E-state index contributed by atoms with van der Waals surface area (Å²) < 4.78 is 5.57. The average Bonchev–Trinajstić information content (AvgIpc) is 3.05. The number of Topliss-reactive ketones (excluding diaryl/α,β-unsaturated/α-hetero) is 2. The number of ketones is 2. The highest BCUT2D eigenvalue weighted by Gasteiger charge is 2.57. The minimum absolute atomic E-state index is 0.0226. The van der Waals surface area contributed by atoms with Crippen molar-refractivity contribution in [3.63, 3.8) is 0 Å². The fraction of sp³-hybridized carbons (Fsp3) is 0.417. The van der Waals surface area contributed by atoms with Crippen LogP contribution in [0.15, 0.2) is 58.7 Å². The third kappa shape index (κ3) is 5.23. The van der Waals surface area contributed by atoms with E-state index in [1.807, 2.05) is 31.0 Å². The van der Waals surface area contributed by atoms with Crippen LogP contribution in [0.4, 0.5) is 10.5 Å². The molecule has 1 saturated heterocycles. The van der Waals surface area contributed by atoms with E-state index < -0.39 is 42.1 Å². The van der Waals surface area contributed by atoms with E-state index in [4.69, 9.17) is 4.74 Å². The molecule has 2 aromatic rings. The molecule has 2 aromatic carbocycles. The molecule has 2 bridgehead atoms. The first kappa shape index (κ1) is 32.9. The lowest BCUT2D eigenvalue weighted by molar-refractivity contribution is -0.124. The number of fused-ring (bicyclic) bond motifs is 6. The van der Waals surface area contributed by atoms with Crippen molar-refractivity contribution in [2.45, 2.75) is 76.8 Å². The lowest BCUT2D eigenvalue weighted by atomic mass is 9.69. The van der Waals surface area contributed by atoms with Gasteiger partial charge < -0.3 is 25.8 Å². The number of ether oxygens (including phenoxy) is 1. The Balaban J connectivity index is 1.37. The SMILES string of the molecule is COc1c(C)cc2c(c1O)[C@H]1[C@@H]3CC4=C(C(=O)C(C)=C(C)C4=O)[C@H](CNC(=O)[C@H](C)NC(=O)Nc4ccccc4)N3[C@@H](C#N)[C@H](C2)N1C. The van der Waals surface area contributed by atoms with Crippen LogP contribution in [0.1, 0.15) is 49.9 Å². The van der Waals surface area contributed by atoms with Crippen molar-refractivity contribution >= 4 is 29.2 Å². The monoisotopic (exact) mass is 652 g/mol. The van der Waals surface area contributed by atoms with Gasteiger partial charge in [0.1, 0.15) is 12.1 Å². The lowest BCUT2D eigenvalue weighted by Gasteiger charge is -2.60. The molecule has 1 aliphatic carbocycles. The summed E-state index contributed by atoms with van der Waals surface area (Å²) in [7, 11) is 3.42. The van der Waals surface area contributed by atoms with Gasteiger partial charge >= 0.3 is 6.03 Å². The second-order valence-corrected chi connectivity index (χ2v) is 13.1. The number of carbonyl (C=O) groups is 4. The van der Waals surface area contributed by atoms with Crippen LogP contribution in [0.5, 0.6) is 11.5 Å². The molecular formula is C36H40N6O6. The van der Waals surface area contributed by atoms with Crippen molar-refractivity contribution < 1.29 is 29.0 Å². The van der Waals surface area contributed by atoms with E-state index in [-0.39, 0.29) is 41.9 Å². The number of carbonyl (C=O) groups excluding carboxylic acids is 4. The van der Waals surface area contributed by atoms with E-state index in [0.29, 0.717) is 40.1 Å². The number of phenols is 1. The predicted octanol–water partition coefficient (Wildman–Crippen LogP) is 3.07. The fourth-order valence-corrected chi connectivity index (χ4v) is 8.01. The number of nitrogens with one attached hydrogen (secondary N) is 3. The topological polar surface area (TPSA) is 164 Å². The first-order chi connectivity index (χ1) is 22.9. The van der Waals surface area contributed by atoms with E-state index in [1.165, 1.54) is 7.11 Å². The molecule has 4 N–H and O–H groups in total. The number of allylic oxidation sites excluding steroid dienone is 2. The molecule has 1 fully saturated rings. The highest BCUT2D eigenvalue weighted by Crippen LogP contribution is 2.53. The zero-order valence-electron chi connectivity index (χ0n) is 27.9. The zero-order chi connectivity index (χ0) is 34.6. The lowest BCUT2D eigenvalue weighted by Crippen LogP contribution is -2.71. The Morgan fingerprint density at radius 3 is 2.44 bits per heavy atom. The van der Waals surface area contributed by atoms with E-state index >= 15 is 0 Å². The molecule has 4 aliphatic rings. The summed E-state index contributed by atoms with van der Waals surface area (Å²) in [6.07, 6.45) is 0.650. The first-order valence-corrected chi connectivity index (χ1v) is 16.1. The first-order valence-electron chi connectivity index (χ1n) is 16.1. The standard InChI is InChI=1S/C36H40N6O6/c1-17-12-21-13-24-26(15-37)42-25(30(41(24)5)28(21)33(45)34(17)48-6)14-23-29(32(44)19(3)18(2)31(23)43)27(42)16-38-35(46)20(4)39-36(47)40-22-10-8-7-9-11-22/h7-12,20,24-27,30,45H,13-14,16H2,1-6H3,(H,38,46)(H2,39,40,47)/t20-,24-,25-,26-,27-,30+/m0/s1. The smallest absolute Gasteiger partial charge is 0.319 e. The maximum atomic E-state index is 14.0. The number of aromatic hydroxyl groups is 1. The highest BCUT2D eigenvalue weighted by molar-refractivity contribution is 6.25. The van der Waals surface area contributed by atoms with E-state index in [1.54, 1.807) is 45.0 Å². The van der Waals surface area contributed by atoms with Crippen LogP contribution in [0.25, 0.3) is 0 Å². The summed E-state index contributed by atoms with van der Waals surface area (Å²) in [6, 6.07) is 9.06. The minimum atomic E-state index is -0.938. The normalized spacial score (nSPS) is 25.7. The number of nitrogens with zero attached hydrogens (tertiary/aromatic N) is 3.